The number of nitrogens with zero attached hydrogens (tertiary/aromatic N) is 1. The van der Waals surface area contributed by atoms with Gasteiger partial charge in [-0.1, -0.05) is 19.1 Å². The summed E-state index contributed by atoms with van der Waals surface area (Å²) in [5.74, 6) is 0.957. The molecule has 0 fully saturated rings. The summed E-state index contributed by atoms with van der Waals surface area (Å²) >= 11 is 0. The fraction of sp³-hybridized carbons (Fsp3) is 0.250. The normalized spacial score (nSPS) is 10.5. The van der Waals surface area contributed by atoms with Crippen LogP contribution >= 0.6 is 0 Å². The lowest BCUT2D eigenvalue weighted by molar-refractivity contribution is 1.04. The maximum atomic E-state index is 5.65. The van der Waals surface area contributed by atoms with Crippen molar-refractivity contribution in [2.24, 2.45) is 0 Å². The highest BCUT2D eigenvalue weighted by atomic mass is 14.9. The standard InChI is InChI=1S/C12H15N3/c1-3-11-12(15-8(2)14-11)9-4-6-10(13)7-5-9/h4-7H,3,13H2,1-2H3,(H,14,15). The van der Waals surface area contributed by atoms with Crippen LogP contribution < -0.4 is 5.73 Å². The predicted octanol–water partition coefficient (Wildman–Crippen LogP) is 2.53. The molecule has 0 saturated carbocycles. The average Bonchev–Trinajstić information content (AvgIpc) is 2.61. The van der Waals surface area contributed by atoms with Gasteiger partial charge in [-0.25, -0.2) is 4.98 Å². The zero-order chi connectivity index (χ0) is 10.8. The Bertz CT molecular complexity index is 454. The molecule has 0 saturated heterocycles. The van der Waals surface area contributed by atoms with E-state index >= 15 is 0 Å². The number of benzene rings is 1. The molecular weight excluding hydrogens is 186 g/mol. The number of hydrogen-bond acceptors (Lipinski definition) is 2. The van der Waals surface area contributed by atoms with E-state index in [1.807, 2.05) is 31.2 Å². The maximum absolute atomic E-state index is 5.65. The zero-order valence-electron chi connectivity index (χ0n) is 9.04. The van der Waals surface area contributed by atoms with Crippen LogP contribution in [-0.4, -0.2) is 9.97 Å². The Kier molecular flexibility index (Phi) is 2.46. The Morgan fingerprint density at radius 2 is 1.93 bits per heavy atom. The summed E-state index contributed by atoms with van der Waals surface area (Å²) in [5.41, 5.74) is 9.77. The van der Waals surface area contributed by atoms with E-state index in [0.29, 0.717) is 0 Å². The number of H-pyrrole nitrogens is 1. The molecule has 0 atom stereocenters. The lowest BCUT2D eigenvalue weighted by Gasteiger charge is -2.00. The van der Waals surface area contributed by atoms with Gasteiger partial charge in [-0.2, -0.15) is 0 Å². The van der Waals surface area contributed by atoms with Gasteiger partial charge in [-0.05, 0) is 25.5 Å². The molecule has 1 aromatic heterocycles. The van der Waals surface area contributed by atoms with Crippen LogP contribution in [0.2, 0.25) is 0 Å². The van der Waals surface area contributed by atoms with Gasteiger partial charge in [0.1, 0.15) is 5.82 Å². The summed E-state index contributed by atoms with van der Waals surface area (Å²) in [7, 11) is 0. The maximum Gasteiger partial charge on any atom is 0.103 e. The molecule has 2 rings (SSSR count). The van der Waals surface area contributed by atoms with E-state index in [2.05, 4.69) is 16.9 Å². The van der Waals surface area contributed by atoms with E-state index in [4.69, 9.17) is 5.73 Å². The van der Waals surface area contributed by atoms with Crippen molar-refractivity contribution in [1.82, 2.24) is 9.97 Å². The van der Waals surface area contributed by atoms with Gasteiger partial charge in [0.15, 0.2) is 0 Å². The first-order valence-electron chi connectivity index (χ1n) is 5.12. The molecule has 0 amide bonds. The summed E-state index contributed by atoms with van der Waals surface area (Å²) in [6.45, 7) is 4.09. The smallest absolute Gasteiger partial charge is 0.103 e. The summed E-state index contributed by atoms with van der Waals surface area (Å²) in [5, 5.41) is 0. The van der Waals surface area contributed by atoms with E-state index in [0.717, 1.165) is 29.2 Å². The Labute approximate surface area is 89.4 Å². The Balaban J connectivity index is 2.48. The van der Waals surface area contributed by atoms with Crippen molar-refractivity contribution in [2.75, 3.05) is 5.73 Å². The molecule has 78 valence electrons. The lowest BCUT2D eigenvalue weighted by Crippen LogP contribution is -1.87. The van der Waals surface area contributed by atoms with Crippen LogP contribution in [0.25, 0.3) is 11.3 Å². The van der Waals surface area contributed by atoms with Crippen LogP contribution in [-0.2, 0) is 6.42 Å². The summed E-state index contributed by atoms with van der Waals surface area (Å²) in [6.07, 6.45) is 0.959. The van der Waals surface area contributed by atoms with E-state index < -0.39 is 0 Å². The van der Waals surface area contributed by atoms with Crippen molar-refractivity contribution in [3.63, 3.8) is 0 Å². The molecule has 0 bridgehead atoms. The van der Waals surface area contributed by atoms with Gasteiger partial charge in [-0.3, -0.25) is 0 Å². The van der Waals surface area contributed by atoms with Crippen LogP contribution in [0, 0.1) is 6.92 Å². The van der Waals surface area contributed by atoms with Gasteiger partial charge in [0.2, 0.25) is 0 Å². The van der Waals surface area contributed by atoms with Gasteiger partial charge < -0.3 is 10.7 Å². The highest BCUT2D eigenvalue weighted by Crippen LogP contribution is 2.22. The zero-order valence-corrected chi connectivity index (χ0v) is 9.04. The minimum atomic E-state index is 0.782. The molecule has 0 spiro atoms. The van der Waals surface area contributed by atoms with Crippen LogP contribution in [0.1, 0.15) is 18.4 Å². The third-order valence-electron chi connectivity index (χ3n) is 2.43. The molecule has 15 heavy (non-hydrogen) atoms. The number of nitrogen functional groups attached to an aromatic ring is 1. The number of hydrogen-bond donors (Lipinski definition) is 2. The second-order valence-corrected chi connectivity index (χ2v) is 3.62. The van der Waals surface area contributed by atoms with Crippen molar-refractivity contribution in [1.29, 1.82) is 0 Å². The molecule has 1 aromatic carbocycles. The first-order valence-corrected chi connectivity index (χ1v) is 5.12. The predicted molar refractivity (Wildman–Crippen MR) is 62.6 cm³/mol. The summed E-state index contributed by atoms with van der Waals surface area (Å²) in [4.78, 5) is 7.75. The molecule has 0 aliphatic carbocycles. The summed E-state index contributed by atoms with van der Waals surface area (Å²) < 4.78 is 0. The van der Waals surface area contributed by atoms with E-state index in [1.54, 1.807) is 0 Å². The molecule has 3 heteroatoms. The molecule has 0 radical (unpaired) electrons. The number of aromatic nitrogens is 2. The number of imidazole rings is 1. The minimum absolute atomic E-state index is 0.782. The van der Waals surface area contributed by atoms with Crippen LogP contribution in [0.3, 0.4) is 0 Å². The molecule has 2 aromatic rings. The fourth-order valence-corrected chi connectivity index (χ4v) is 1.68. The number of nitrogens with two attached hydrogens (primary N) is 1. The van der Waals surface area contributed by atoms with Crippen molar-refractivity contribution < 1.29 is 0 Å². The second kappa shape index (κ2) is 3.77. The van der Waals surface area contributed by atoms with E-state index in [9.17, 15) is 0 Å². The summed E-state index contributed by atoms with van der Waals surface area (Å²) in [6, 6.07) is 7.81. The molecular formula is C12H15N3. The molecule has 0 aliphatic rings. The van der Waals surface area contributed by atoms with Gasteiger partial charge in [0.05, 0.1) is 5.69 Å². The minimum Gasteiger partial charge on any atom is -0.399 e. The first kappa shape index (κ1) is 9.77. The quantitative estimate of drug-likeness (QED) is 0.733. The van der Waals surface area contributed by atoms with Crippen molar-refractivity contribution in [3.8, 4) is 11.3 Å². The number of aromatic amines is 1. The average molecular weight is 201 g/mol. The highest BCUT2D eigenvalue weighted by Gasteiger charge is 2.08. The third kappa shape index (κ3) is 1.86. The molecule has 3 N–H and O–H groups in total. The van der Waals surface area contributed by atoms with E-state index in [1.165, 1.54) is 5.69 Å². The topological polar surface area (TPSA) is 54.7 Å². The molecule has 3 nitrogen and oxygen atoms in total. The fourth-order valence-electron chi connectivity index (χ4n) is 1.68. The number of anilines is 1. The van der Waals surface area contributed by atoms with Crippen molar-refractivity contribution in [3.05, 3.63) is 35.8 Å². The molecule has 0 unspecified atom stereocenters. The van der Waals surface area contributed by atoms with Crippen molar-refractivity contribution >= 4 is 5.69 Å². The van der Waals surface area contributed by atoms with Gasteiger partial charge >= 0.3 is 0 Å². The molecule has 1 heterocycles. The highest BCUT2D eigenvalue weighted by molar-refractivity contribution is 5.64. The number of aryl methyl sites for hydroxylation is 2. The SMILES string of the molecule is CCc1[nH]c(C)nc1-c1ccc(N)cc1. The Hall–Kier alpha value is -1.77. The lowest BCUT2D eigenvalue weighted by atomic mass is 10.1. The first-order chi connectivity index (χ1) is 7.20. The van der Waals surface area contributed by atoms with Gasteiger partial charge in [0, 0.05) is 16.9 Å². The third-order valence-corrected chi connectivity index (χ3v) is 2.43. The van der Waals surface area contributed by atoms with Crippen LogP contribution in [0.5, 0.6) is 0 Å². The Morgan fingerprint density at radius 3 is 2.53 bits per heavy atom. The molecule has 0 aliphatic heterocycles. The van der Waals surface area contributed by atoms with Crippen LogP contribution in [0.15, 0.2) is 24.3 Å². The van der Waals surface area contributed by atoms with Crippen molar-refractivity contribution in [2.45, 2.75) is 20.3 Å². The number of nitrogens with one attached hydrogen (secondary N) is 1. The van der Waals surface area contributed by atoms with Gasteiger partial charge in [-0.15, -0.1) is 0 Å². The van der Waals surface area contributed by atoms with Crippen LogP contribution in [0.4, 0.5) is 5.69 Å². The Morgan fingerprint density at radius 1 is 1.27 bits per heavy atom. The number of rotatable bonds is 2. The van der Waals surface area contributed by atoms with E-state index in [-0.39, 0.29) is 0 Å². The second-order valence-electron chi connectivity index (χ2n) is 3.62. The monoisotopic (exact) mass is 201 g/mol. The van der Waals surface area contributed by atoms with Gasteiger partial charge in [0.25, 0.3) is 0 Å². The largest absolute Gasteiger partial charge is 0.399 e.